The summed E-state index contributed by atoms with van der Waals surface area (Å²) in [7, 11) is 0. The molecule has 0 bridgehead atoms. The molecule has 0 atom stereocenters. The van der Waals surface area contributed by atoms with Gasteiger partial charge in [0.2, 0.25) is 5.91 Å². The van der Waals surface area contributed by atoms with Crippen molar-refractivity contribution in [2.75, 3.05) is 11.9 Å². The van der Waals surface area contributed by atoms with Crippen LogP contribution in [0.3, 0.4) is 0 Å². The first-order valence-corrected chi connectivity index (χ1v) is 6.88. The van der Waals surface area contributed by atoms with Crippen LogP contribution in [0.2, 0.25) is 0 Å². The van der Waals surface area contributed by atoms with Gasteiger partial charge in [0.05, 0.1) is 12.2 Å². The van der Waals surface area contributed by atoms with Gasteiger partial charge < -0.3 is 15.0 Å². The van der Waals surface area contributed by atoms with E-state index in [1.807, 2.05) is 18.3 Å². The van der Waals surface area contributed by atoms with Crippen molar-refractivity contribution >= 4 is 17.6 Å². The van der Waals surface area contributed by atoms with E-state index < -0.39 is 0 Å². The molecule has 110 valence electrons. The van der Waals surface area contributed by atoms with Gasteiger partial charge in [-0.25, -0.2) is 4.79 Å². The Kier molecular flexibility index (Phi) is 5.15. The number of carbonyl (C=O) groups excluding carboxylic acids is 2. The number of aromatic amines is 1. The maximum atomic E-state index is 11.8. The van der Waals surface area contributed by atoms with Crippen LogP contribution in [0.4, 0.5) is 5.69 Å². The summed E-state index contributed by atoms with van der Waals surface area (Å²) in [6.07, 6.45) is 2.90. The second-order valence-electron chi connectivity index (χ2n) is 4.54. The Bertz CT molecular complexity index is 588. The van der Waals surface area contributed by atoms with Gasteiger partial charge in [-0.1, -0.05) is 0 Å². The zero-order valence-electron chi connectivity index (χ0n) is 11.9. The first-order valence-electron chi connectivity index (χ1n) is 6.88. The highest BCUT2D eigenvalue weighted by Crippen LogP contribution is 2.11. The first-order chi connectivity index (χ1) is 10.2. The van der Waals surface area contributed by atoms with Crippen molar-refractivity contribution in [1.82, 2.24) is 4.98 Å². The molecule has 0 fully saturated rings. The minimum absolute atomic E-state index is 0.0616. The molecule has 2 aromatic rings. The number of hydrogen-bond acceptors (Lipinski definition) is 3. The number of aryl methyl sites for hydroxylation is 1. The third-order valence-corrected chi connectivity index (χ3v) is 2.96. The molecule has 0 aliphatic heterocycles. The van der Waals surface area contributed by atoms with Crippen LogP contribution in [0.1, 0.15) is 29.4 Å². The van der Waals surface area contributed by atoms with Gasteiger partial charge in [0.1, 0.15) is 0 Å². The zero-order valence-corrected chi connectivity index (χ0v) is 11.9. The minimum Gasteiger partial charge on any atom is -0.462 e. The van der Waals surface area contributed by atoms with Crippen LogP contribution in [-0.2, 0) is 16.0 Å². The number of nitrogens with one attached hydrogen (secondary N) is 2. The Morgan fingerprint density at radius 1 is 1.19 bits per heavy atom. The highest BCUT2D eigenvalue weighted by molar-refractivity contribution is 5.93. The van der Waals surface area contributed by atoms with Crippen LogP contribution in [-0.4, -0.2) is 23.5 Å². The molecule has 5 nitrogen and oxygen atoms in total. The number of rotatable bonds is 6. The van der Waals surface area contributed by atoms with Crippen LogP contribution in [0.5, 0.6) is 0 Å². The van der Waals surface area contributed by atoms with E-state index in [0.29, 0.717) is 30.7 Å². The maximum absolute atomic E-state index is 11.8. The Morgan fingerprint density at radius 2 is 1.95 bits per heavy atom. The monoisotopic (exact) mass is 286 g/mol. The average molecular weight is 286 g/mol. The summed E-state index contributed by atoms with van der Waals surface area (Å²) in [4.78, 5) is 26.4. The predicted octanol–water partition coefficient (Wildman–Crippen LogP) is 2.76. The van der Waals surface area contributed by atoms with E-state index in [4.69, 9.17) is 4.74 Å². The number of amides is 1. The molecule has 21 heavy (non-hydrogen) atoms. The van der Waals surface area contributed by atoms with Crippen molar-refractivity contribution in [2.45, 2.75) is 19.8 Å². The van der Waals surface area contributed by atoms with Gasteiger partial charge in [-0.2, -0.15) is 0 Å². The van der Waals surface area contributed by atoms with E-state index in [0.717, 1.165) is 5.69 Å². The summed E-state index contributed by atoms with van der Waals surface area (Å²) < 4.78 is 4.90. The fraction of sp³-hybridized carbons (Fsp3) is 0.250. The van der Waals surface area contributed by atoms with E-state index >= 15 is 0 Å². The van der Waals surface area contributed by atoms with Crippen LogP contribution < -0.4 is 5.32 Å². The Balaban J connectivity index is 1.85. The molecule has 0 radical (unpaired) electrons. The van der Waals surface area contributed by atoms with E-state index in [2.05, 4.69) is 10.3 Å². The summed E-state index contributed by atoms with van der Waals surface area (Å²) in [6, 6.07) is 10.5. The number of aromatic nitrogens is 1. The molecule has 1 heterocycles. The molecule has 1 aromatic heterocycles. The molecule has 2 N–H and O–H groups in total. The molecule has 0 aliphatic rings. The van der Waals surface area contributed by atoms with Crippen molar-refractivity contribution in [3.05, 3.63) is 53.9 Å². The van der Waals surface area contributed by atoms with Gasteiger partial charge in [0.15, 0.2) is 0 Å². The molecule has 2 rings (SSSR count). The van der Waals surface area contributed by atoms with Crippen molar-refractivity contribution in [3.8, 4) is 0 Å². The summed E-state index contributed by atoms with van der Waals surface area (Å²) in [5, 5.41) is 2.80. The Hall–Kier alpha value is -2.56. The van der Waals surface area contributed by atoms with Crippen LogP contribution in [0, 0.1) is 0 Å². The van der Waals surface area contributed by atoms with E-state index in [9.17, 15) is 9.59 Å². The molecule has 5 heteroatoms. The van der Waals surface area contributed by atoms with Gasteiger partial charge in [0.25, 0.3) is 0 Å². The number of hydrogen-bond donors (Lipinski definition) is 2. The standard InChI is InChI=1S/C16H18N2O3/c1-2-21-16(20)12-5-7-14(8-6-12)18-15(19)10-9-13-4-3-11-17-13/h3-8,11,17H,2,9-10H2,1H3,(H,18,19). The molecule has 0 saturated carbocycles. The van der Waals surface area contributed by atoms with Crippen LogP contribution in [0.25, 0.3) is 0 Å². The summed E-state index contributed by atoms with van der Waals surface area (Å²) >= 11 is 0. The van der Waals surface area contributed by atoms with Crippen molar-refractivity contribution in [1.29, 1.82) is 0 Å². The third-order valence-electron chi connectivity index (χ3n) is 2.96. The van der Waals surface area contributed by atoms with Gasteiger partial charge in [0, 0.05) is 24.0 Å². The molecule has 1 aromatic carbocycles. The Labute approximate surface area is 123 Å². The average Bonchev–Trinajstić information content (AvgIpc) is 2.99. The van der Waals surface area contributed by atoms with Gasteiger partial charge in [-0.05, 0) is 49.7 Å². The van der Waals surface area contributed by atoms with E-state index in [1.54, 1.807) is 31.2 Å². The van der Waals surface area contributed by atoms with Gasteiger partial charge >= 0.3 is 5.97 Å². The van der Waals surface area contributed by atoms with E-state index in [-0.39, 0.29) is 11.9 Å². The zero-order chi connectivity index (χ0) is 15.1. The fourth-order valence-corrected chi connectivity index (χ4v) is 1.90. The summed E-state index contributed by atoms with van der Waals surface area (Å²) in [5.74, 6) is -0.421. The topological polar surface area (TPSA) is 71.2 Å². The molecule has 0 aliphatic carbocycles. The predicted molar refractivity (Wildman–Crippen MR) is 80.1 cm³/mol. The number of carbonyl (C=O) groups is 2. The number of H-pyrrole nitrogens is 1. The third kappa shape index (κ3) is 4.49. The van der Waals surface area contributed by atoms with Crippen LogP contribution in [0.15, 0.2) is 42.6 Å². The number of ether oxygens (including phenoxy) is 1. The quantitative estimate of drug-likeness (QED) is 0.802. The lowest BCUT2D eigenvalue weighted by atomic mass is 10.2. The van der Waals surface area contributed by atoms with Crippen molar-refractivity contribution in [2.24, 2.45) is 0 Å². The molecule has 1 amide bonds. The molecular formula is C16H18N2O3. The lowest BCUT2D eigenvalue weighted by molar-refractivity contribution is -0.116. The van der Waals surface area contributed by atoms with E-state index in [1.165, 1.54) is 0 Å². The lowest BCUT2D eigenvalue weighted by Gasteiger charge is -2.06. The second kappa shape index (κ2) is 7.28. The van der Waals surface area contributed by atoms with Crippen molar-refractivity contribution in [3.63, 3.8) is 0 Å². The second-order valence-corrected chi connectivity index (χ2v) is 4.54. The SMILES string of the molecule is CCOC(=O)c1ccc(NC(=O)CCc2ccc[nH]2)cc1. The number of anilines is 1. The molecule has 0 saturated heterocycles. The highest BCUT2D eigenvalue weighted by atomic mass is 16.5. The largest absolute Gasteiger partial charge is 0.462 e. The summed E-state index contributed by atoms with van der Waals surface area (Å²) in [6.45, 7) is 2.10. The number of esters is 1. The van der Waals surface area contributed by atoms with Crippen molar-refractivity contribution < 1.29 is 14.3 Å². The fourth-order valence-electron chi connectivity index (χ4n) is 1.90. The first kappa shape index (κ1) is 14.8. The molecule has 0 spiro atoms. The minimum atomic E-state index is -0.359. The summed E-state index contributed by atoms with van der Waals surface area (Å²) in [5.41, 5.74) is 2.17. The highest BCUT2D eigenvalue weighted by Gasteiger charge is 2.07. The molecule has 0 unspecified atom stereocenters. The molecular weight excluding hydrogens is 268 g/mol. The smallest absolute Gasteiger partial charge is 0.338 e. The maximum Gasteiger partial charge on any atom is 0.338 e. The normalized spacial score (nSPS) is 10.1. The van der Waals surface area contributed by atoms with Gasteiger partial charge in [-0.15, -0.1) is 0 Å². The van der Waals surface area contributed by atoms with Gasteiger partial charge in [-0.3, -0.25) is 4.79 Å². The number of benzene rings is 1. The Morgan fingerprint density at radius 3 is 2.57 bits per heavy atom. The van der Waals surface area contributed by atoms with Crippen LogP contribution >= 0.6 is 0 Å². The lowest BCUT2D eigenvalue weighted by Crippen LogP contribution is -2.12.